The van der Waals surface area contributed by atoms with Crippen LogP contribution in [0.4, 0.5) is 11.6 Å². The maximum Gasteiger partial charge on any atom is 2.00 e. The quantitative estimate of drug-likeness (QED) is 0.276. The van der Waals surface area contributed by atoms with Gasteiger partial charge in [-0.05, 0) is 17.5 Å². The van der Waals surface area contributed by atoms with Gasteiger partial charge >= 0.3 is 21.1 Å². The first-order chi connectivity index (χ1) is 11.8. The molecular formula is C21H14N4Pt. The van der Waals surface area contributed by atoms with Gasteiger partial charge in [0, 0.05) is 17.8 Å². The van der Waals surface area contributed by atoms with Crippen molar-refractivity contribution in [3.8, 4) is 0 Å². The van der Waals surface area contributed by atoms with Crippen molar-refractivity contribution in [2.75, 3.05) is 0 Å². The molecule has 0 fully saturated rings. The molecule has 8 bridgehead atoms. The molecule has 0 saturated heterocycles. The second-order valence-electron chi connectivity index (χ2n) is 5.67. The minimum absolute atomic E-state index is 0. The zero-order chi connectivity index (χ0) is 15.9. The molecule has 2 aliphatic rings. The number of nitrogens with zero attached hydrogens (tertiary/aromatic N) is 4. The smallest absolute Gasteiger partial charge is 0.358 e. The first-order valence-corrected chi connectivity index (χ1v) is 7.66. The van der Waals surface area contributed by atoms with Crippen LogP contribution in [0.2, 0.25) is 0 Å². The zero-order valence-electron chi connectivity index (χ0n) is 14.0. The molecule has 3 heterocycles. The Morgan fingerprint density at radius 3 is 2.35 bits per heavy atom. The molecule has 5 heteroatoms. The molecule has 26 heavy (non-hydrogen) atoms. The summed E-state index contributed by atoms with van der Waals surface area (Å²) in [6.45, 7) is 0. The minimum atomic E-state index is 0. The normalized spacial score (nSPS) is 11.7. The van der Waals surface area contributed by atoms with Crippen LogP contribution in [0, 0.1) is 13.5 Å². The standard InChI is InChI=1S/C20H11N4.CH3.Pt/c1-3-13-7-15(5-1)19-21-12-18(23-19)10-14-4-2-6-16(8-14)20-22-11-17(9-13)24-20;;/h1-7,9-12H;1H3;/q2*-1;+2. The van der Waals surface area contributed by atoms with Crippen LogP contribution in [0.5, 0.6) is 0 Å². The molecule has 4 nitrogen and oxygen atoms in total. The van der Waals surface area contributed by atoms with Gasteiger partial charge in [-0.2, -0.15) is 0 Å². The van der Waals surface area contributed by atoms with Crippen LogP contribution in [-0.4, -0.2) is 22.4 Å². The molecule has 1 aromatic heterocycles. The monoisotopic (exact) mass is 517 g/mol. The summed E-state index contributed by atoms with van der Waals surface area (Å²) in [6, 6.07) is 21.3. The number of fused-ring (bicyclic) bond motifs is 10. The summed E-state index contributed by atoms with van der Waals surface area (Å²) in [7, 11) is 0. The Morgan fingerprint density at radius 1 is 0.731 bits per heavy atom. The van der Waals surface area contributed by atoms with Crippen molar-refractivity contribution >= 4 is 45.6 Å². The van der Waals surface area contributed by atoms with E-state index in [-0.39, 0.29) is 28.5 Å². The molecule has 0 spiro atoms. The van der Waals surface area contributed by atoms with E-state index in [2.05, 4.69) is 32.1 Å². The topological polar surface area (TPSA) is 50.5 Å². The van der Waals surface area contributed by atoms with E-state index >= 15 is 0 Å². The van der Waals surface area contributed by atoms with Crippen LogP contribution in [-0.2, 0) is 21.1 Å². The van der Waals surface area contributed by atoms with Crippen molar-refractivity contribution in [3.05, 3.63) is 79.5 Å². The number of hydrogen-bond donors (Lipinski definition) is 0. The molecule has 0 saturated carbocycles. The van der Waals surface area contributed by atoms with Gasteiger partial charge in [0.05, 0.1) is 17.2 Å². The molecule has 0 amide bonds. The zero-order valence-corrected chi connectivity index (χ0v) is 16.2. The SMILES string of the molecule is [CH3-].[Pt+2].[c-]1c2cccc1c1nc(cc3cccc(c3)c3nc(c2)C=N3)C=N1. The maximum absolute atomic E-state index is 4.61. The predicted octanol–water partition coefficient (Wildman–Crippen LogP) is 4.85. The van der Waals surface area contributed by atoms with E-state index in [0.29, 0.717) is 5.82 Å². The summed E-state index contributed by atoms with van der Waals surface area (Å²) in [5, 5.41) is 3.83. The van der Waals surface area contributed by atoms with Gasteiger partial charge in [-0.1, -0.05) is 29.7 Å². The van der Waals surface area contributed by atoms with Gasteiger partial charge in [0.2, 0.25) is 0 Å². The summed E-state index contributed by atoms with van der Waals surface area (Å²) >= 11 is 0. The summed E-state index contributed by atoms with van der Waals surface area (Å²) in [5.41, 5.74) is 1.64. The van der Waals surface area contributed by atoms with Gasteiger partial charge in [0.1, 0.15) is 0 Å². The number of aromatic nitrogens is 2. The van der Waals surface area contributed by atoms with E-state index < -0.39 is 0 Å². The largest absolute Gasteiger partial charge is 2.00 e. The molecule has 5 rings (SSSR count). The van der Waals surface area contributed by atoms with E-state index in [1.807, 2.05) is 48.5 Å². The Labute approximate surface area is 166 Å². The van der Waals surface area contributed by atoms with Crippen molar-refractivity contribution < 1.29 is 21.1 Å². The van der Waals surface area contributed by atoms with Crippen molar-refractivity contribution in [1.82, 2.24) is 9.97 Å². The predicted molar refractivity (Wildman–Crippen MR) is 103 cm³/mol. The van der Waals surface area contributed by atoms with Crippen LogP contribution in [0.1, 0.15) is 11.4 Å². The molecule has 0 aliphatic carbocycles. The Bertz CT molecular complexity index is 1070. The Kier molecular flexibility index (Phi) is 5.05. The third kappa shape index (κ3) is 3.33. The first-order valence-electron chi connectivity index (χ1n) is 7.66. The second-order valence-corrected chi connectivity index (χ2v) is 5.67. The van der Waals surface area contributed by atoms with Gasteiger partial charge < -0.3 is 7.43 Å². The summed E-state index contributed by atoms with van der Waals surface area (Å²) in [5.74, 6) is 1.40. The summed E-state index contributed by atoms with van der Waals surface area (Å²) < 4.78 is 0. The summed E-state index contributed by atoms with van der Waals surface area (Å²) in [6.07, 6.45) is 3.56. The minimum Gasteiger partial charge on any atom is -0.358 e. The Hall–Kier alpha value is -2.71. The van der Waals surface area contributed by atoms with Gasteiger partial charge in [-0.3, -0.25) is 9.98 Å². The second kappa shape index (κ2) is 7.26. The van der Waals surface area contributed by atoms with Crippen LogP contribution in [0.25, 0.3) is 21.5 Å². The number of benzene rings is 2. The van der Waals surface area contributed by atoms with Crippen molar-refractivity contribution in [2.24, 2.45) is 9.98 Å². The fraction of sp³-hybridized carbons (Fsp3) is 0. The van der Waals surface area contributed by atoms with Crippen molar-refractivity contribution in [3.63, 3.8) is 0 Å². The van der Waals surface area contributed by atoms with Gasteiger partial charge in [-0.25, -0.2) is 9.98 Å². The molecule has 0 unspecified atom stereocenters. The van der Waals surface area contributed by atoms with Gasteiger partial charge in [0.15, 0.2) is 5.82 Å². The average Bonchev–Trinajstić information content (AvgIpc) is 3.24. The number of hydrogen-bond acceptors (Lipinski definition) is 4. The van der Waals surface area contributed by atoms with E-state index in [9.17, 15) is 0 Å². The molecule has 2 aromatic carbocycles. The molecule has 0 N–H and O–H groups in total. The third-order valence-electron chi connectivity index (χ3n) is 3.93. The van der Waals surface area contributed by atoms with Crippen LogP contribution >= 0.6 is 0 Å². The molecule has 0 atom stereocenters. The third-order valence-corrected chi connectivity index (χ3v) is 3.93. The van der Waals surface area contributed by atoms with Crippen LogP contribution in [0.15, 0.2) is 64.6 Å². The average molecular weight is 517 g/mol. The van der Waals surface area contributed by atoms with Crippen molar-refractivity contribution in [2.45, 2.75) is 0 Å². The first kappa shape index (κ1) is 18.1. The van der Waals surface area contributed by atoms with Gasteiger partial charge in [-0.15, -0.1) is 29.7 Å². The molecule has 128 valence electrons. The van der Waals surface area contributed by atoms with E-state index in [1.165, 1.54) is 0 Å². The Morgan fingerprint density at radius 2 is 1.46 bits per heavy atom. The molecule has 0 radical (unpaired) electrons. The van der Waals surface area contributed by atoms with E-state index in [0.717, 1.165) is 38.8 Å². The Balaban J connectivity index is 0.000000980. The number of rotatable bonds is 0. The summed E-state index contributed by atoms with van der Waals surface area (Å²) in [4.78, 5) is 18.1. The fourth-order valence-electron chi connectivity index (χ4n) is 2.82. The number of aliphatic imine (C=N–C) groups is 2. The molecular weight excluding hydrogens is 503 g/mol. The van der Waals surface area contributed by atoms with E-state index in [4.69, 9.17) is 0 Å². The molecule has 2 aliphatic heterocycles. The fourth-order valence-corrected chi connectivity index (χ4v) is 2.82. The van der Waals surface area contributed by atoms with Crippen LogP contribution in [0.3, 0.4) is 0 Å². The van der Waals surface area contributed by atoms with Gasteiger partial charge in [0.25, 0.3) is 0 Å². The van der Waals surface area contributed by atoms with Crippen molar-refractivity contribution in [1.29, 1.82) is 0 Å². The van der Waals surface area contributed by atoms with Crippen LogP contribution < -0.4 is 0 Å². The maximum atomic E-state index is 4.61. The molecule has 3 aromatic rings. The van der Waals surface area contributed by atoms with E-state index in [1.54, 1.807) is 12.4 Å².